The van der Waals surface area contributed by atoms with Crippen molar-refractivity contribution in [2.24, 2.45) is 10.2 Å². The molecule has 0 bridgehead atoms. The van der Waals surface area contributed by atoms with E-state index in [1.54, 1.807) is 0 Å². The number of aromatic amines is 2. The van der Waals surface area contributed by atoms with E-state index in [0.717, 1.165) is 9.36 Å². The zero-order valence-corrected chi connectivity index (χ0v) is 12.8. The van der Waals surface area contributed by atoms with Gasteiger partial charge in [0.1, 0.15) is 0 Å². The van der Waals surface area contributed by atoms with Gasteiger partial charge in [0.25, 0.3) is 0 Å². The van der Waals surface area contributed by atoms with Gasteiger partial charge < -0.3 is 20.2 Å². The molecule has 0 unspecified atom stereocenters. The molecule has 0 radical (unpaired) electrons. The van der Waals surface area contributed by atoms with Gasteiger partial charge in [0.2, 0.25) is 0 Å². The number of hydrogen-bond acceptors (Lipinski definition) is 16. The number of rotatable bonds is 6. The molecule has 2 N–H and O–H groups in total. The first-order valence-corrected chi connectivity index (χ1v) is 6.65. The number of tetrazole rings is 2. The zero-order valence-electron chi connectivity index (χ0n) is 12.8. The van der Waals surface area contributed by atoms with Crippen molar-refractivity contribution in [1.82, 2.24) is 70.8 Å². The van der Waals surface area contributed by atoms with E-state index < -0.39 is 33.6 Å². The van der Waals surface area contributed by atoms with Gasteiger partial charge in [-0.2, -0.15) is 10.4 Å². The van der Waals surface area contributed by atoms with Gasteiger partial charge in [0, 0.05) is 10.2 Å². The summed E-state index contributed by atoms with van der Waals surface area (Å²) in [5.41, 5.74) is 0. The van der Waals surface area contributed by atoms with E-state index in [0.29, 0.717) is 0 Å². The van der Waals surface area contributed by atoms with Gasteiger partial charge >= 0.3 is 35.7 Å². The highest BCUT2D eigenvalue weighted by Crippen LogP contribution is 2.22. The maximum atomic E-state index is 10.9. The Morgan fingerprint density at radius 1 is 0.786 bits per heavy atom. The molecule has 0 amide bonds. The predicted molar refractivity (Wildman–Crippen MR) is 75.7 cm³/mol. The van der Waals surface area contributed by atoms with Crippen molar-refractivity contribution in [3.63, 3.8) is 0 Å². The molecule has 4 aromatic rings. The predicted octanol–water partition coefficient (Wildman–Crippen LogP) is -1.89. The van der Waals surface area contributed by atoms with Crippen LogP contribution >= 0.6 is 0 Å². The highest BCUT2D eigenvalue weighted by Gasteiger charge is 2.28. The maximum Gasteiger partial charge on any atom is 0.493 e. The van der Waals surface area contributed by atoms with Gasteiger partial charge in [0.15, 0.2) is 0 Å². The van der Waals surface area contributed by atoms with Crippen LogP contribution in [0, 0.1) is 20.2 Å². The van der Waals surface area contributed by atoms with Crippen molar-refractivity contribution in [1.29, 1.82) is 0 Å². The molecule has 0 saturated heterocycles. The van der Waals surface area contributed by atoms with E-state index in [2.05, 4.69) is 71.6 Å². The van der Waals surface area contributed by atoms with Crippen LogP contribution in [0.3, 0.4) is 0 Å². The summed E-state index contributed by atoms with van der Waals surface area (Å²) in [6, 6.07) is 0. The Bertz CT molecular complexity index is 1070. The minimum absolute atomic E-state index is 0.222. The number of aromatic nitrogens is 14. The fourth-order valence-corrected chi connectivity index (χ4v) is 1.72. The Kier molecular flexibility index (Phi) is 3.65. The minimum atomic E-state index is -0.887. The lowest BCUT2D eigenvalue weighted by molar-refractivity contribution is -0.394. The van der Waals surface area contributed by atoms with Crippen molar-refractivity contribution in [2.75, 3.05) is 0 Å². The summed E-state index contributed by atoms with van der Waals surface area (Å²) in [6.45, 7) is 0. The Morgan fingerprint density at radius 2 is 1.21 bits per heavy atom. The lowest BCUT2D eigenvalue weighted by atomic mass is 10.9. The molecular weight excluding hydrogens is 388 g/mol. The largest absolute Gasteiger partial charge is 0.493 e. The highest BCUT2D eigenvalue weighted by molar-refractivity contribution is 5.31. The van der Waals surface area contributed by atoms with Crippen LogP contribution in [0.25, 0.3) is 11.9 Å². The van der Waals surface area contributed by atoms with Gasteiger partial charge in [-0.25, -0.2) is 0 Å². The van der Waals surface area contributed by atoms with Gasteiger partial charge in [-0.05, 0) is 30.2 Å². The molecule has 0 saturated carbocycles. The normalized spacial score (nSPS) is 11.3. The van der Waals surface area contributed by atoms with Crippen LogP contribution in [0.1, 0.15) is 0 Å². The van der Waals surface area contributed by atoms with Gasteiger partial charge in [-0.1, -0.05) is 29.8 Å². The summed E-state index contributed by atoms with van der Waals surface area (Å²) >= 11 is 0. The third-order valence-corrected chi connectivity index (χ3v) is 2.76. The first-order valence-electron chi connectivity index (χ1n) is 6.65. The Hall–Kier alpha value is -5.18. The summed E-state index contributed by atoms with van der Waals surface area (Å²) < 4.78 is 1.52. The lowest BCUT2D eigenvalue weighted by Gasteiger charge is -1.88. The van der Waals surface area contributed by atoms with Gasteiger partial charge in [-0.3, -0.25) is 0 Å². The second-order valence-electron chi connectivity index (χ2n) is 4.39. The molecule has 0 aliphatic carbocycles. The van der Waals surface area contributed by atoms with Crippen molar-refractivity contribution in [2.45, 2.75) is 0 Å². The molecule has 28 heavy (non-hydrogen) atoms. The van der Waals surface area contributed by atoms with E-state index in [1.807, 2.05) is 0 Å². The lowest BCUT2D eigenvalue weighted by Crippen LogP contribution is -2.00. The summed E-state index contributed by atoms with van der Waals surface area (Å²) in [5.74, 6) is -2.99. The molecule has 4 aromatic heterocycles. The fourth-order valence-electron chi connectivity index (χ4n) is 1.72. The molecule has 4 heterocycles. The zero-order chi connectivity index (χ0) is 19.7. The second kappa shape index (κ2) is 6.28. The number of H-pyrrole nitrogens is 2. The van der Waals surface area contributed by atoms with E-state index in [1.165, 1.54) is 0 Å². The van der Waals surface area contributed by atoms with Crippen LogP contribution in [0.2, 0.25) is 0 Å². The third-order valence-electron chi connectivity index (χ3n) is 2.76. The van der Waals surface area contributed by atoms with Crippen LogP contribution in [0.15, 0.2) is 10.2 Å². The van der Waals surface area contributed by atoms with E-state index in [9.17, 15) is 20.2 Å². The Morgan fingerprint density at radius 3 is 1.54 bits per heavy atom. The first kappa shape index (κ1) is 16.3. The number of azo groups is 1. The summed E-state index contributed by atoms with van der Waals surface area (Å²) in [6.07, 6.45) is 0. The van der Waals surface area contributed by atoms with Crippen molar-refractivity contribution >= 4 is 23.8 Å². The summed E-state index contributed by atoms with van der Waals surface area (Å²) in [7, 11) is 0. The molecule has 0 spiro atoms. The molecule has 4 rings (SSSR count). The van der Waals surface area contributed by atoms with Crippen LogP contribution in [0.4, 0.5) is 23.8 Å². The quantitative estimate of drug-likeness (QED) is 0.206. The van der Waals surface area contributed by atoms with Crippen molar-refractivity contribution in [3.8, 4) is 11.9 Å². The SMILES string of the molecule is O=[N+]([O-])c1nc(/N=N/c2nc([N+](=O)[O-])nn2-c2nn[nH]n2)n(-c2nn[nH]n2)n1. The maximum absolute atomic E-state index is 10.9. The van der Waals surface area contributed by atoms with E-state index in [-0.39, 0.29) is 11.9 Å². The minimum Gasteiger partial charge on any atom is -0.390 e. The molecule has 0 aliphatic heterocycles. The first-order chi connectivity index (χ1) is 13.5. The third kappa shape index (κ3) is 2.82. The smallest absolute Gasteiger partial charge is 0.390 e. The molecule has 0 aromatic carbocycles. The van der Waals surface area contributed by atoms with Crippen LogP contribution in [-0.4, -0.2) is 80.6 Å². The molecule has 0 aliphatic rings. The molecule has 0 atom stereocenters. The monoisotopic (exact) mass is 390 g/mol. The van der Waals surface area contributed by atoms with Crippen LogP contribution in [0.5, 0.6) is 0 Å². The van der Waals surface area contributed by atoms with Crippen molar-refractivity contribution in [3.05, 3.63) is 20.2 Å². The van der Waals surface area contributed by atoms with Crippen LogP contribution < -0.4 is 0 Å². The average molecular weight is 390 g/mol. The Labute approximate surface area is 148 Å². The summed E-state index contributed by atoms with van der Waals surface area (Å²) in [5, 5.41) is 61.4. The molecule has 22 nitrogen and oxygen atoms in total. The number of nitro groups is 2. The molecular formula is C6H2N18O4. The summed E-state index contributed by atoms with van der Waals surface area (Å²) in [4.78, 5) is 27.1. The topological polar surface area (TPSA) is 281 Å². The number of hydrogen-bond donors (Lipinski definition) is 2. The fraction of sp³-hybridized carbons (Fsp3) is 0. The van der Waals surface area contributed by atoms with Crippen LogP contribution in [-0.2, 0) is 0 Å². The van der Waals surface area contributed by atoms with E-state index in [4.69, 9.17) is 0 Å². The molecule has 22 heteroatoms. The van der Waals surface area contributed by atoms with Crippen molar-refractivity contribution < 1.29 is 9.85 Å². The standard InChI is InChI=1S/C6H2N18O4/c25-23(26)3-7-1(21(15-3)5-11-17-18-12-5)9-10-2-8-4(24(27)28)16-22(2)6-13-19-20-14-6/h(H,11,12,17,18)(H,13,14,19,20)/b10-9+. The highest BCUT2D eigenvalue weighted by atomic mass is 16.6. The average Bonchev–Trinajstić information content (AvgIpc) is 3.46. The molecule has 0 fully saturated rings. The molecule has 140 valence electrons. The van der Waals surface area contributed by atoms with E-state index >= 15 is 0 Å². The number of nitrogens with zero attached hydrogens (tertiary/aromatic N) is 16. The Balaban J connectivity index is 1.78. The van der Waals surface area contributed by atoms with Gasteiger partial charge in [0.05, 0.1) is 0 Å². The van der Waals surface area contributed by atoms with Gasteiger partial charge in [-0.15, -0.1) is 10.2 Å². The number of nitrogens with one attached hydrogen (secondary N) is 2. The second-order valence-corrected chi connectivity index (χ2v) is 4.39.